The van der Waals surface area contributed by atoms with Crippen LogP contribution in [0.15, 0.2) is 48.8 Å². The van der Waals surface area contributed by atoms with Gasteiger partial charge in [-0.05, 0) is 12.1 Å². The number of amides is 2. The standard InChI is InChI=1S/C17H13F3N4O5/c18-17(19,20)16(27)12(14(25)9-4-3-7-21-8-9)13(22-15(26)23-16)10-5-1-2-6-11(10)24(28)29/h1-8,12-13,27H,(H2,22,23,26)/t12-,13-,16+/m1/s1. The molecule has 0 radical (unpaired) electrons. The largest absolute Gasteiger partial charge is 0.437 e. The first-order chi connectivity index (χ1) is 13.6. The summed E-state index contributed by atoms with van der Waals surface area (Å²) in [5.41, 5.74) is -5.23. The van der Waals surface area contributed by atoms with Crippen LogP contribution >= 0.6 is 0 Å². The number of hydrogen-bond donors (Lipinski definition) is 3. The number of Topliss-reactive ketones (excluding diaryl/α,β-unsaturated/α-hetero) is 1. The number of alkyl halides is 3. The van der Waals surface area contributed by atoms with Gasteiger partial charge in [-0.15, -0.1) is 0 Å². The van der Waals surface area contributed by atoms with E-state index >= 15 is 0 Å². The monoisotopic (exact) mass is 410 g/mol. The van der Waals surface area contributed by atoms with Crippen molar-refractivity contribution < 1.29 is 32.8 Å². The number of aliphatic hydroxyl groups is 1. The van der Waals surface area contributed by atoms with Gasteiger partial charge in [0, 0.05) is 24.0 Å². The summed E-state index contributed by atoms with van der Waals surface area (Å²) in [5, 5.41) is 25.2. The highest BCUT2D eigenvalue weighted by Gasteiger charge is 2.66. The maximum atomic E-state index is 13.8. The molecule has 1 aromatic carbocycles. The minimum Gasteiger partial charge on any atom is -0.363 e. The third-order valence-electron chi connectivity index (χ3n) is 4.50. The minimum atomic E-state index is -5.46. The van der Waals surface area contributed by atoms with Gasteiger partial charge in [0.15, 0.2) is 5.78 Å². The number of halogens is 3. The maximum Gasteiger partial charge on any atom is 0.437 e. The smallest absolute Gasteiger partial charge is 0.363 e. The molecule has 1 fully saturated rings. The number of hydrogen-bond acceptors (Lipinski definition) is 6. The lowest BCUT2D eigenvalue weighted by Gasteiger charge is -2.44. The first-order valence-corrected chi connectivity index (χ1v) is 8.11. The average Bonchev–Trinajstić information content (AvgIpc) is 2.66. The summed E-state index contributed by atoms with van der Waals surface area (Å²) in [4.78, 5) is 39.0. The highest BCUT2D eigenvalue weighted by molar-refractivity contribution is 6.00. The minimum absolute atomic E-state index is 0.276. The molecule has 1 saturated heterocycles. The fourth-order valence-corrected chi connectivity index (χ4v) is 3.20. The molecule has 0 spiro atoms. The van der Waals surface area contributed by atoms with E-state index in [-0.39, 0.29) is 11.1 Å². The molecule has 0 bridgehead atoms. The lowest BCUT2D eigenvalue weighted by Crippen LogP contribution is -2.72. The number of nitro benzene ring substituents is 1. The van der Waals surface area contributed by atoms with Gasteiger partial charge in [-0.1, -0.05) is 18.2 Å². The molecule has 2 amide bonds. The summed E-state index contributed by atoms with van der Waals surface area (Å²) >= 11 is 0. The quantitative estimate of drug-likeness (QED) is 0.401. The van der Waals surface area contributed by atoms with Crippen molar-refractivity contribution in [1.82, 2.24) is 15.6 Å². The zero-order valence-corrected chi connectivity index (χ0v) is 14.4. The topological polar surface area (TPSA) is 134 Å². The maximum absolute atomic E-state index is 13.8. The Labute approximate surface area is 160 Å². The van der Waals surface area contributed by atoms with Crippen LogP contribution in [0.1, 0.15) is 22.0 Å². The first kappa shape index (κ1) is 20.2. The molecule has 3 atom stereocenters. The number of urea groups is 1. The summed E-state index contributed by atoms with van der Waals surface area (Å²) < 4.78 is 41.3. The Balaban J connectivity index is 2.23. The third kappa shape index (κ3) is 3.49. The SMILES string of the molecule is O=C1N[C@H](c2ccccc2[N+](=O)[O-])[C@H](C(=O)c2cccnc2)[C@](O)(C(F)(F)F)N1. The number of nitrogens with one attached hydrogen (secondary N) is 2. The summed E-state index contributed by atoms with van der Waals surface area (Å²) in [6.45, 7) is 0. The van der Waals surface area contributed by atoms with E-state index in [0.717, 1.165) is 18.3 Å². The Kier molecular flexibility index (Phi) is 4.96. The first-order valence-electron chi connectivity index (χ1n) is 8.11. The summed E-state index contributed by atoms with van der Waals surface area (Å²) in [5.74, 6) is -3.58. The zero-order chi connectivity index (χ0) is 21.4. The van der Waals surface area contributed by atoms with Crippen LogP contribution in [0.5, 0.6) is 0 Å². The van der Waals surface area contributed by atoms with E-state index in [4.69, 9.17) is 0 Å². The lowest BCUT2D eigenvalue weighted by molar-refractivity contribution is -0.386. The molecule has 3 N–H and O–H groups in total. The molecule has 2 aromatic rings. The van der Waals surface area contributed by atoms with Gasteiger partial charge in [0.2, 0.25) is 5.72 Å². The summed E-state index contributed by atoms with van der Waals surface area (Å²) in [6, 6.07) is 3.89. The number of pyridine rings is 1. The normalized spacial score (nSPS) is 24.3. The number of carbonyl (C=O) groups is 2. The van der Waals surface area contributed by atoms with Crippen molar-refractivity contribution in [3.8, 4) is 0 Å². The fourth-order valence-electron chi connectivity index (χ4n) is 3.20. The van der Waals surface area contributed by atoms with Crippen LogP contribution < -0.4 is 10.6 Å². The van der Waals surface area contributed by atoms with E-state index in [2.05, 4.69) is 10.3 Å². The Morgan fingerprint density at radius 2 is 1.93 bits per heavy atom. The van der Waals surface area contributed by atoms with Crippen LogP contribution in [-0.4, -0.2) is 38.7 Å². The van der Waals surface area contributed by atoms with Crippen molar-refractivity contribution in [1.29, 1.82) is 0 Å². The molecular formula is C17H13F3N4O5. The Hall–Kier alpha value is -3.54. The third-order valence-corrected chi connectivity index (χ3v) is 4.50. The van der Waals surface area contributed by atoms with Crippen molar-refractivity contribution in [3.63, 3.8) is 0 Å². The van der Waals surface area contributed by atoms with Crippen molar-refractivity contribution in [2.45, 2.75) is 17.9 Å². The number of aromatic nitrogens is 1. The van der Waals surface area contributed by atoms with Gasteiger partial charge in [0.1, 0.15) is 5.92 Å². The Bertz CT molecular complexity index is 969. The number of rotatable bonds is 4. The second-order valence-electron chi connectivity index (χ2n) is 6.24. The van der Waals surface area contributed by atoms with Crippen molar-refractivity contribution in [2.75, 3.05) is 0 Å². The second-order valence-corrected chi connectivity index (χ2v) is 6.24. The van der Waals surface area contributed by atoms with Gasteiger partial charge in [0.25, 0.3) is 5.69 Å². The van der Waals surface area contributed by atoms with Crippen molar-refractivity contribution >= 4 is 17.5 Å². The number of nitrogens with zero attached hydrogens (tertiary/aromatic N) is 2. The fraction of sp³-hybridized carbons (Fsp3) is 0.235. The van der Waals surface area contributed by atoms with Crippen molar-refractivity contribution in [2.24, 2.45) is 5.92 Å². The zero-order valence-electron chi connectivity index (χ0n) is 14.4. The highest BCUT2D eigenvalue weighted by atomic mass is 19.4. The van der Waals surface area contributed by atoms with E-state index in [1.807, 2.05) is 0 Å². The lowest BCUT2D eigenvalue weighted by atomic mass is 9.77. The molecule has 3 rings (SSSR count). The molecule has 12 heteroatoms. The second kappa shape index (κ2) is 7.13. The molecular weight excluding hydrogens is 397 g/mol. The van der Waals surface area contributed by atoms with Gasteiger partial charge in [-0.25, -0.2) is 4.79 Å². The van der Waals surface area contributed by atoms with Crippen LogP contribution in [0.25, 0.3) is 0 Å². The summed E-state index contributed by atoms with van der Waals surface area (Å²) in [6.07, 6.45) is -3.19. The van der Waals surface area contributed by atoms with E-state index in [0.29, 0.717) is 0 Å². The Morgan fingerprint density at radius 1 is 1.24 bits per heavy atom. The molecule has 2 heterocycles. The van der Waals surface area contributed by atoms with Gasteiger partial charge in [-0.2, -0.15) is 13.2 Å². The van der Waals surface area contributed by atoms with Crippen LogP contribution in [0.2, 0.25) is 0 Å². The predicted molar refractivity (Wildman–Crippen MR) is 90.6 cm³/mol. The molecule has 1 aliphatic heterocycles. The molecule has 29 heavy (non-hydrogen) atoms. The van der Waals surface area contributed by atoms with E-state index < -0.39 is 46.3 Å². The molecule has 0 aliphatic carbocycles. The highest BCUT2D eigenvalue weighted by Crippen LogP contribution is 2.45. The number of para-hydroxylation sites is 1. The number of carbonyl (C=O) groups excluding carboxylic acids is 2. The van der Waals surface area contributed by atoms with Gasteiger partial charge >= 0.3 is 12.2 Å². The molecule has 9 nitrogen and oxygen atoms in total. The molecule has 0 unspecified atom stereocenters. The molecule has 1 aliphatic rings. The Morgan fingerprint density at radius 3 is 2.52 bits per heavy atom. The van der Waals surface area contributed by atoms with Crippen molar-refractivity contribution in [3.05, 3.63) is 70.0 Å². The van der Waals surface area contributed by atoms with Gasteiger partial charge in [-0.3, -0.25) is 19.9 Å². The van der Waals surface area contributed by atoms with Crippen LogP contribution in [0, 0.1) is 16.0 Å². The summed E-state index contributed by atoms with van der Waals surface area (Å²) in [7, 11) is 0. The molecule has 0 saturated carbocycles. The predicted octanol–water partition coefficient (Wildman–Crippen LogP) is 2.09. The molecule has 152 valence electrons. The van der Waals surface area contributed by atoms with Crippen LogP contribution in [-0.2, 0) is 0 Å². The van der Waals surface area contributed by atoms with E-state index in [1.165, 1.54) is 35.8 Å². The van der Waals surface area contributed by atoms with E-state index in [9.17, 15) is 38.0 Å². The molecule has 1 aromatic heterocycles. The number of benzene rings is 1. The van der Waals surface area contributed by atoms with Gasteiger partial charge in [0.05, 0.1) is 16.5 Å². The van der Waals surface area contributed by atoms with Crippen LogP contribution in [0.3, 0.4) is 0 Å². The average molecular weight is 410 g/mol. The van der Waals surface area contributed by atoms with Crippen LogP contribution in [0.4, 0.5) is 23.7 Å². The number of ketones is 1. The van der Waals surface area contributed by atoms with Gasteiger partial charge < -0.3 is 15.7 Å². The van der Waals surface area contributed by atoms with E-state index in [1.54, 1.807) is 0 Å². The number of nitro groups is 1.